The van der Waals surface area contributed by atoms with Crippen LogP contribution in [0.3, 0.4) is 0 Å². The number of anilines is 3. The van der Waals surface area contributed by atoms with Crippen LogP contribution in [-0.2, 0) is 4.79 Å². The molecule has 1 aliphatic heterocycles. The van der Waals surface area contributed by atoms with E-state index in [1.54, 1.807) is 24.3 Å². The van der Waals surface area contributed by atoms with Crippen molar-refractivity contribution in [1.82, 2.24) is 4.98 Å². The lowest BCUT2D eigenvalue weighted by atomic mass is 10.1. The molecule has 1 saturated heterocycles. The number of carboxylic acids is 1. The summed E-state index contributed by atoms with van der Waals surface area (Å²) >= 11 is 0. The highest BCUT2D eigenvalue weighted by molar-refractivity contribution is 6.05. The SMILES string of the molecule is Cc1cccc(N2CCN(c3cc(C(=O)O)c4cc(NC(=O)C5CC5)ccc4n3)CC2)c1. The first kappa shape index (κ1) is 20.3. The maximum absolute atomic E-state index is 12.1. The summed E-state index contributed by atoms with van der Waals surface area (Å²) in [5.74, 6) is -0.239. The molecule has 0 unspecified atom stereocenters. The summed E-state index contributed by atoms with van der Waals surface area (Å²) in [6.07, 6.45) is 1.84. The van der Waals surface area contributed by atoms with Crippen molar-refractivity contribution < 1.29 is 14.7 Å². The minimum absolute atomic E-state index is 0.00251. The Bertz CT molecular complexity index is 1200. The maximum Gasteiger partial charge on any atom is 0.336 e. The molecule has 5 rings (SSSR count). The van der Waals surface area contributed by atoms with Gasteiger partial charge in [-0.15, -0.1) is 0 Å². The monoisotopic (exact) mass is 430 g/mol. The summed E-state index contributed by atoms with van der Waals surface area (Å²) in [6, 6.07) is 15.4. The van der Waals surface area contributed by atoms with E-state index in [0.717, 1.165) is 39.0 Å². The van der Waals surface area contributed by atoms with E-state index in [4.69, 9.17) is 4.98 Å². The van der Waals surface area contributed by atoms with Crippen molar-refractivity contribution in [3.63, 3.8) is 0 Å². The molecule has 7 nitrogen and oxygen atoms in total. The molecule has 1 aliphatic carbocycles. The van der Waals surface area contributed by atoms with Gasteiger partial charge in [-0.1, -0.05) is 12.1 Å². The number of aromatic carboxylic acids is 1. The molecule has 2 fully saturated rings. The third-order valence-electron chi connectivity index (χ3n) is 6.21. The van der Waals surface area contributed by atoms with Crippen LogP contribution in [0.25, 0.3) is 10.9 Å². The molecule has 32 heavy (non-hydrogen) atoms. The van der Waals surface area contributed by atoms with Gasteiger partial charge in [0, 0.05) is 48.9 Å². The van der Waals surface area contributed by atoms with E-state index in [1.807, 2.05) is 0 Å². The molecule has 0 spiro atoms. The van der Waals surface area contributed by atoms with Gasteiger partial charge in [0.05, 0.1) is 11.1 Å². The fourth-order valence-corrected chi connectivity index (χ4v) is 4.24. The number of rotatable bonds is 5. The first-order chi connectivity index (χ1) is 15.5. The van der Waals surface area contributed by atoms with Crippen LogP contribution in [-0.4, -0.2) is 48.1 Å². The normalized spacial score (nSPS) is 16.3. The van der Waals surface area contributed by atoms with Crippen LogP contribution < -0.4 is 15.1 Å². The quantitative estimate of drug-likeness (QED) is 0.638. The highest BCUT2D eigenvalue weighted by atomic mass is 16.4. The molecule has 1 saturated carbocycles. The predicted molar refractivity (Wildman–Crippen MR) is 126 cm³/mol. The number of pyridine rings is 1. The number of hydrogen-bond donors (Lipinski definition) is 2. The second kappa shape index (κ2) is 8.15. The number of benzene rings is 2. The minimum atomic E-state index is -0.997. The van der Waals surface area contributed by atoms with Gasteiger partial charge < -0.3 is 20.2 Å². The van der Waals surface area contributed by atoms with Crippen molar-refractivity contribution in [2.45, 2.75) is 19.8 Å². The molecule has 164 valence electrons. The molecule has 3 aromatic rings. The Hall–Kier alpha value is -3.61. The van der Waals surface area contributed by atoms with Crippen LogP contribution in [0.1, 0.15) is 28.8 Å². The van der Waals surface area contributed by atoms with Gasteiger partial charge in [0.2, 0.25) is 5.91 Å². The number of nitrogens with one attached hydrogen (secondary N) is 1. The average Bonchev–Trinajstić information content (AvgIpc) is 3.64. The van der Waals surface area contributed by atoms with Crippen LogP contribution in [0.5, 0.6) is 0 Å². The molecule has 1 aromatic heterocycles. The largest absolute Gasteiger partial charge is 0.478 e. The van der Waals surface area contributed by atoms with Crippen molar-refractivity contribution in [2.75, 3.05) is 41.3 Å². The van der Waals surface area contributed by atoms with Gasteiger partial charge in [0.1, 0.15) is 5.82 Å². The van der Waals surface area contributed by atoms with Gasteiger partial charge in [0.15, 0.2) is 0 Å². The molecule has 2 heterocycles. The van der Waals surface area contributed by atoms with Crippen molar-refractivity contribution in [3.8, 4) is 0 Å². The van der Waals surface area contributed by atoms with Gasteiger partial charge in [-0.3, -0.25) is 4.79 Å². The fraction of sp³-hybridized carbons (Fsp3) is 0.320. The van der Waals surface area contributed by atoms with Crippen LogP contribution in [0.15, 0.2) is 48.5 Å². The van der Waals surface area contributed by atoms with Gasteiger partial charge >= 0.3 is 5.97 Å². The highest BCUT2D eigenvalue weighted by Gasteiger charge is 2.29. The maximum atomic E-state index is 12.1. The molecular weight excluding hydrogens is 404 g/mol. The third kappa shape index (κ3) is 4.10. The van der Waals surface area contributed by atoms with Gasteiger partial charge in [-0.05, 0) is 61.7 Å². The van der Waals surface area contributed by atoms with Crippen molar-refractivity contribution in [2.24, 2.45) is 5.92 Å². The van der Waals surface area contributed by atoms with Crippen LogP contribution in [0.2, 0.25) is 0 Å². The molecule has 0 radical (unpaired) electrons. The number of aromatic nitrogens is 1. The number of amides is 1. The van der Waals surface area contributed by atoms with E-state index in [9.17, 15) is 14.7 Å². The van der Waals surface area contributed by atoms with E-state index in [2.05, 4.69) is 46.3 Å². The molecule has 0 atom stereocenters. The summed E-state index contributed by atoms with van der Waals surface area (Å²) < 4.78 is 0. The van der Waals surface area contributed by atoms with E-state index >= 15 is 0 Å². The van der Waals surface area contributed by atoms with Crippen molar-refractivity contribution >= 4 is 40.0 Å². The first-order valence-corrected chi connectivity index (χ1v) is 11.0. The summed E-state index contributed by atoms with van der Waals surface area (Å²) in [6.45, 7) is 5.31. The second-order valence-corrected chi connectivity index (χ2v) is 8.64. The van der Waals surface area contributed by atoms with Gasteiger partial charge in [0.25, 0.3) is 0 Å². The fourth-order valence-electron chi connectivity index (χ4n) is 4.24. The second-order valence-electron chi connectivity index (χ2n) is 8.64. The van der Waals surface area contributed by atoms with Gasteiger partial charge in [-0.2, -0.15) is 0 Å². The first-order valence-electron chi connectivity index (χ1n) is 11.0. The molecule has 2 aromatic carbocycles. The van der Waals surface area contributed by atoms with Crippen LogP contribution >= 0.6 is 0 Å². The standard InChI is InChI=1S/C25H26N4O3/c1-16-3-2-4-19(13-16)28-9-11-29(12-10-28)23-15-21(25(31)32)20-14-18(7-8-22(20)27-23)26-24(30)17-5-6-17/h2-4,7-8,13-15,17H,5-6,9-12H2,1H3,(H,26,30)(H,31,32). The molecule has 7 heteroatoms. The number of carbonyl (C=O) groups is 2. The zero-order chi connectivity index (χ0) is 22.2. The summed E-state index contributed by atoms with van der Waals surface area (Å²) in [5.41, 5.74) is 3.88. The van der Waals surface area contributed by atoms with E-state index < -0.39 is 5.97 Å². The van der Waals surface area contributed by atoms with Crippen molar-refractivity contribution in [3.05, 3.63) is 59.7 Å². The predicted octanol–water partition coefficient (Wildman–Crippen LogP) is 3.92. The number of nitrogens with zero attached hydrogens (tertiary/aromatic N) is 3. The molecule has 1 amide bonds. The van der Waals surface area contributed by atoms with Crippen LogP contribution in [0, 0.1) is 12.8 Å². The Balaban J connectivity index is 1.38. The third-order valence-corrected chi connectivity index (χ3v) is 6.21. The summed E-state index contributed by atoms with van der Waals surface area (Å²) in [7, 11) is 0. The Morgan fingerprint density at radius 1 is 1.00 bits per heavy atom. The number of fused-ring (bicyclic) bond motifs is 1. The number of carbonyl (C=O) groups excluding carboxylic acids is 1. The lowest BCUT2D eigenvalue weighted by Crippen LogP contribution is -2.46. The number of piperazine rings is 1. The number of aryl methyl sites for hydroxylation is 1. The van der Waals surface area contributed by atoms with E-state index in [-0.39, 0.29) is 17.4 Å². The van der Waals surface area contributed by atoms with E-state index in [1.165, 1.54) is 11.3 Å². The molecular formula is C25H26N4O3. The lowest BCUT2D eigenvalue weighted by Gasteiger charge is -2.37. The lowest BCUT2D eigenvalue weighted by molar-refractivity contribution is -0.117. The minimum Gasteiger partial charge on any atom is -0.478 e. The van der Waals surface area contributed by atoms with Crippen molar-refractivity contribution in [1.29, 1.82) is 0 Å². The zero-order valence-corrected chi connectivity index (χ0v) is 18.0. The smallest absolute Gasteiger partial charge is 0.336 e. The Kier molecular flexibility index (Phi) is 5.17. The number of carboxylic acid groups (broad SMARTS) is 1. The molecule has 2 N–H and O–H groups in total. The van der Waals surface area contributed by atoms with Gasteiger partial charge in [-0.25, -0.2) is 9.78 Å². The topological polar surface area (TPSA) is 85.8 Å². The Labute approximate surface area is 186 Å². The highest BCUT2D eigenvalue weighted by Crippen LogP contribution is 2.31. The zero-order valence-electron chi connectivity index (χ0n) is 18.0. The van der Waals surface area contributed by atoms with E-state index in [0.29, 0.717) is 22.4 Å². The Morgan fingerprint density at radius 2 is 1.75 bits per heavy atom. The average molecular weight is 431 g/mol. The molecule has 0 bridgehead atoms. The van der Waals surface area contributed by atoms with Crippen LogP contribution in [0.4, 0.5) is 17.2 Å². The number of hydrogen-bond acceptors (Lipinski definition) is 5. The summed E-state index contributed by atoms with van der Waals surface area (Å²) in [4.78, 5) is 33.4. The molecule has 2 aliphatic rings. The Morgan fingerprint density at radius 3 is 2.44 bits per heavy atom. The summed E-state index contributed by atoms with van der Waals surface area (Å²) in [5, 5.41) is 13.3.